The van der Waals surface area contributed by atoms with Gasteiger partial charge in [-0.2, -0.15) is 0 Å². The highest BCUT2D eigenvalue weighted by Gasteiger charge is 2.11. The van der Waals surface area contributed by atoms with Crippen LogP contribution in [0.4, 0.5) is 10.1 Å². The SMILES string of the molecule is C/C=C(\C=C/N(C=O)C(F)CC)Oc1ccc([N+](=O)[O-])cc1C. The number of alkyl halides is 1. The number of nitro groups is 1. The van der Waals surface area contributed by atoms with Crippen LogP contribution >= 0.6 is 0 Å². The van der Waals surface area contributed by atoms with Crippen LogP contribution < -0.4 is 4.74 Å². The number of hydrogen-bond donors (Lipinski definition) is 0. The Labute approximate surface area is 134 Å². The number of nitro benzene ring substituents is 1. The Morgan fingerprint density at radius 3 is 2.70 bits per heavy atom. The van der Waals surface area contributed by atoms with Gasteiger partial charge in [0.15, 0.2) is 6.30 Å². The molecule has 0 radical (unpaired) electrons. The van der Waals surface area contributed by atoms with Crippen LogP contribution in [0.25, 0.3) is 0 Å². The lowest BCUT2D eigenvalue weighted by molar-refractivity contribution is -0.384. The van der Waals surface area contributed by atoms with Gasteiger partial charge in [-0.25, -0.2) is 4.39 Å². The summed E-state index contributed by atoms with van der Waals surface area (Å²) in [5.74, 6) is 0.829. The van der Waals surface area contributed by atoms with E-state index in [-0.39, 0.29) is 12.1 Å². The standard InChI is InChI=1S/C16H19FN2O4/c1-4-14(8-9-18(11-20)16(17)5-2)23-15-7-6-13(19(21)22)10-12(15)3/h4,6-11,16H,5H2,1-3H3/b9-8-,14-4+. The van der Waals surface area contributed by atoms with Crippen LogP contribution in [0.15, 0.2) is 42.3 Å². The third-order valence-corrected chi connectivity index (χ3v) is 3.07. The van der Waals surface area contributed by atoms with Crippen LogP contribution in [0.3, 0.4) is 0 Å². The topological polar surface area (TPSA) is 72.7 Å². The summed E-state index contributed by atoms with van der Waals surface area (Å²) in [7, 11) is 0. The van der Waals surface area contributed by atoms with Crippen LogP contribution in [-0.4, -0.2) is 22.5 Å². The van der Waals surface area contributed by atoms with Crippen molar-refractivity contribution >= 4 is 12.1 Å². The smallest absolute Gasteiger partial charge is 0.269 e. The zero-order valence-electron chi connectivity index (χ0n) is 13.2. The molecule has 1 unspecified atom stereocenters. The predicted octanol–water partition coefficient (Wildman–Crippen LogP) is 3.86. The Hall–Kier alpha value is -2.70. The molecule has 23 heavy (non-hydrogen) atoms. The zero-order valence-corrected chi connectivity index (χ0v) is 13.2. The number of aryl methyl sites for hydroxylation is 1. The normalized spacial score (nSPS) is 13.0. The molecule has 1 aromatic rings. The molecule has 6 nitrogen and oxygen atoms in total. The molecule has 1 atom stereocenters. The van der Waals surface area contributed by atoms with E-state index < -0.39 is 11.2 Å². The maximum Gasteiger partial charge on any atom is 0.269 e. The number of carbonyl (C=O) groups is 1. The van der Waals surface area contributed by atoms with Gasteiger partial charge in [-0.05, 0) is 44.1 Å². The van der Waals surface area contributed by atoms with Gasteiger partial charge in [0, 0.05) is 18.3 Å². The molecule has 0 saturated carbocycles. The number of halogens is 1. The van der Waals surface area contributed by atoms with Crippen molar-refractivity contribution in [2.75, 3.05) is 0 Å². The monoisotopic (exact) mass is 322 g/mol. The lowest BCUT2D eigenvalue weighted by Crippen LogP contribution is -2.24. The Morgan fingerprint density at radius 1 is 1.52 bits per heavy atom. The summed E-state index contributed by atoms with van der Waals surface area (Å²) in [5, 5.41) is 10.7. The molecule has 7 heteroatoms. The number of rotatable bonds is 8. The second-order valence-electron chi connectivity index (χ2n) is 4.71. The van der Waals surface area contributed by atoms with Crippen molar-refractivity contribution < 1.29 is 18.8 Å². The van der Waals surface area contributed by atoms with Crippen molar-refractivity contribution in [1.29, 1.82) is 0 Å². The van der Waals surface area contributed by atoms with Crippen molar-refractivity contribution in [3.8, 4) is 5.75 Å². The first-order valence-corrected chi connectivity index (χ1v) is 7.07. The van der Waals surface area contributed by atoms with Crippen molar-refractivity contribution in [3.05, 3.63) is 58.0 Å². The van der Waals surface area contributed by atoms with Gasteiger partial charge in [-0.1, -0.05) is 6.92 Å². The van der Waals surface area contributed by atoms with Crippen molar-refractivity contribution in [3.63, 3.8) is 0 Å². The van der Waals surface area contributed by atoms with E-state index in [9.17, 15) is 19.3 Å². The van der Waals surface area contributed by atoms with Crippen molar-refractivity contribution in [1.82, 2.24) is 4.90 Å². The molecular formula is C16H19FN2O4. The number of amides is 1. The van der Waals surface area contributed by atoms with Gasteiger partial charge in [0.25, 0.3) is 5.69 Å². The summed E-state index contributed by atoms with van der Waals surface area (Å²) < 4.78 is 19.1. The number of non-ortho nitro benzene ring substituents is 1. The predicted molar refractivity (Wildman–Crippen MR) is 84.4 cm³/mol. The molecular weight excluding hydrogens is 303 g/mol. The molecule has 0 aliphatic rings. The van der Waals surface area contributed by atoms with Crippen LogP contribution in [0.2, 0.25) is 0 Å². The van der Waals surface area contributed by atoms with Gasteiger partial charge in [0.1, 0.15) is 11.5 Å². The molecule has 0 aliphatic heterocycles. The first-order chi connectivity index (χ1) is 10.9. The third-order valence-electron chi connectivity index (χ3n) is 3.07. The highest BCUT2D eigenvalue weighted by Crippen LogP contribution is 2.25. The average molecular weight is 322 g/mol. The number of hydrogen-bond acceptors (Lipinski definition) is 4. The van der Waals surface area contributed by atoms with E-state index in [0.717, 1.165) is 4.90 Å². The second-order valence-corrected chi connectivity index (χ2v) is 4.71. The number of carbonyl (C=O) groups excluding carboxylic acids is 1. The number of benzene rings is 1. The molecule has 1 rings (SSSR count). The van der Waals surface area contributed by atoms with E-state index >= 15 is 0 Å². The molecule has 0 spiro atoms. The van der Waals surface area contributed by atoms with E-state index in [2.05, 4.69) is 0 Å². The Bertz CT molecular complexity index is 629. The third kappa shape index (κ3) is 5.21. The maximum atomic E-state index is 13.5. The van der Waals surface area contributed by atoms with Gasteiger partial charge in [-0.15, -0.1) is 0 Å². The van der Waals surface area contributed by atoms with Gasteiger partial charge in [0.05, 0.1) is 4.92 Å². The lowest BCUT2D eigenvalue weighted by atomic mass is 10.2. The van der Waals surface area contributed by atoms with E-state index in [1.54, 1.807) is 26.8 Å². The Kier molecular flexibility index (Phi) is 6.92. The van der Waals surface area contributed by atoms with Crippen molar-refractivity contribution in [2.24, 2.45) is 0 Å². The Morgan fingerprint density at radius 2 is 2.22 bits per heavy atom. The van der Waals surface area contributed by atoms with E-state index in [1.807, 2.05) is 0 Å². The van der Waals surface area contributed by atoms with Gasteiger partial charge in [0.2, 0.25) is 6.41 Å². The second kappa shape index (κ2) is 8.67. The van der Waals surface area contributed by atoms with Crippen LogP contribution in [-0.2, 0) is 4.79 Å². The molecule has 1 amide bonds. The molecule has 0 saturated heterocycles. The van der Waals surface area contributed by atoms with Crippen molar-refractivity contribution in [2.45, 2.75) is 33.5 Å². The molecule has 0 aliphatic carbocycles. The van der Waals surface area contributed by atoms with E-state index in [4.69, 9.17) is 4.74 Å². The summed E-state index contributed by atoms with van der Waals surface area (Å²) in [6, 6.07) is 4.23. The summed E-state index contributed by atoms with van der Waals surface area (Å²) in [6.45, 7) is 5.03. The van der Waals surface area contributed by atoms with Gasteiger partial charge < -0.3 is 4.74 Å². The summed E-state index contributed by atoms with van der Waals surface area (Å²) in [6.07, 6.45) is 3.56. The number of ether oxygens (including phenoxy) is 1. The first kappa shape index (κ1) is 18.3. The first-order valence-electron chi connectivity index (χ1n) is 7.07. The summed E-state index contributed by atoms with van der Waals surface area (Å²) >= 11 is 0. The van der Waals surface area contributed by atoms with Crippen LogP contribution in [0.5, 0.6) is 5.75 Å². The molecule has 0 bridgehead atoms. The molecule has 0 fully saturated rings. The minimum atomic E-state index is -1.40. The number of allylic oxidation sites excluding steroid dienone is 2. The quantitative estimate of drug-likeness (QED) is 0.182. The van der Waals surface area contributed by atoms with E-state index in [0.29, 0.717) is 23.5 Å². The average Bonchev–Trinajstić information content (AvgIpc) is 2.54. The fourth-order valence-electron chi connectivity index (χ4n) is 1.74. The summed E-state index contributed by atoms with van der Waals surface area (Å²) in [5.41, 5.74) is 0.568. The molecule has 1 aromatic carbocycles. The molecule has 0 aromatic heterocycles. The molecule has 124 valence electrons. The number of nitrogens with zero attached hydrogens (tertiary/aromatic N) is 2. The Balaban J connectivity index is 2.89. The van der Waals surface area contributed by atoms with Crippen LogP contribution in [0.1, 0.15) is 25.8 Å². The van der Waals surface area contributed by atoms with Crippen LogP contribution in [0, 0.1) is 17.0 Å². The van der Waals surface area contributed by atoms with Gasteiger partial charge >= 0.3 is 0 Å². The molecule has 0 heterocycles. The highest BCUT2D eigenvalue weighted by molar-refractivity contribution is 5.50. The minimum absolute atomic E-state index is 0.0252. The van der Waals surface area contributed by atoms with Gasteiger partial charge in [-0.3, -0.25) is 19.8 Å². The maximum absolute atomic E-state index is 13.5. The zero-order chi connectivity index (χ0) is 17.4. The summed E-state index contributed by atoms with van der Waals surface area (Å²) in [4.78, 5) is 22.0. The largest absolute Gasteiger partial charge is 0.457 e. The van der Waals surface area contributed by atoms with E-state index in [1.165, 1.54) is 30.5 Å². The minimum Gasteiger partial charge on any atom is -0.457 e. The highest BCUT2D eigenvalue weighted by atomic mass is 19.1. The fraction of sp³-hybridized carbons (Fsp3) is 0.312. The molecule has 0 N–H and O–H groups in total. The lowest BCUT2D eigenvalue weighted by Gasteiger charge is -2.16. The fourth-order valence-corrected chi connectivity index (χ4v) is 1.74.